The molecular formula is C24H23N2O8P. The molecule has 3 aromatic heterocycles. The van der Waals surface area contributed by atoms with E-state index in [9.17, 15) is 4.57 Å². The molecule has 0 amide bonds. The zero-order valence-electron chi connectivity index (χ0n) is 19.0. The van der Waals surface area contributed by atoms with E-state index in [-0.39, 0.29) is 19.1 Å². The second-order valence-electron chi connectivity index (χ2n) is 7.36. The standard InChI is InChI=1S/C24H23N2O8P/c1-16-19(26-24(34-16)21-6-4-11-31-21)15-32-20-8-7-17(13-22(20)30-2)14-33-23-18(5-3-10-25-23)9-12-35(27,28)29/h3-13H,14-15H2,1-2H3,(H2,27,28,29)/b12-9+. The molecule has 4 rings (SSSR count). The lowest BCUT2D eigenvalue weighted by molar-refractivity contribution is 0.275. The van der Waals surface area contributed by atoms with Crippen molar-refractivity contribution in [2.75, 3.05) is 7.11 Å². The summed E-state index contributed by atoms with van der Waals surface area (Å²) in [5, 5.41) is 0. The van der Waals surface area contributed by atoms with Gasteiger partial charge in [0.15, 0.2) is 17.3 Å². The molecule has 35 heavy (non-hydrogen) atoms. The summed E-state index contributed by atoms with van der Waals surface area (Å²) in [6.07, 6.45) is 4.36. The van der Waals surface area contributed by atoms with E-state index in [1.807, 2.05) is 6.07 Å². The van der Waals surface area contributed by atoms with Crippen molar-refractivity contribution in [3.63, 3.8) is 0 Å². The molecule has 0 saturated heterocycles. The topological polar surface area (TPSA) is 137 Å². The zero-order chi connectivity index (χ0) is 24.8. The van der Waals surface area contributed by atoms with Crippen LogP contribution in [0.4, 0.5) is 0 Å². The van der Waals surface area contributed by atoms with Crippen molar-refractivity contribution in [2.24, 2.45) is 0 Å². The molecule has 0 radical (unpaired) electrons. The molecule has 2 N–H and O–H groups in total. The average Bonchev–Trinajstić information content (AvgIpc) is 3.50. The molecule has 0 unspecified atom stereocenters. The smallest absolute Gasteiger partial charge is 0.349 e. The van der Waals surface area contributed by atoms with E-state index in [2.05, 4.69) is 9.97 Å². The highest BCUT2D eigenvalue weighted by molar-refractivity contribution is 7.55. The summed E-state index contributed by atoms with van der Waals surface area (Å²) in [5.41, 5.74) is 1.86. The molecule has 0 spiro atoms. The lowest BCUT2D eigenvalue weighted by atomic mass is 10.2. The molecule has 0 aliphatic carbocycles. The van der Waals surface area contributed by atoms with Crippen LogP contribution in [0.1, 0.15) is 22.6 Å². The van der Waals surface area contributed by atoms with Crippen LogP contribution in [-0.4, -0.2) is 26.9 Å². The summed E-state index contributed by atoms with van der Waals surface area (Å²) in [6.45, 7) is 2.13. The first-order chi connectivity index (χ1) is 16.8. The predicted octanol–water partition coefficient (Wildman–Crippen LogP) is 4.95. The van der Waals surface area contributed by atoms with Crippen molar-refractivity contribution < 1.29 is 37.4 Å². The van der Waals surface area contributed by atoms with E-state index in [1.165, 1.54) is 19.4 Å². The maximum Gasteiger partial charge on any atom is 0.349 e. The molecule has 182 valence electrons. The summed E-state index contributed by atoms with van der Waals surface area (Å²) >= 11 is 0. The highest BCUT2D eigenvalue weighted by atomic mass is 31.2. The van der Waals surface area contributed by atoms with E-state index in [0.29, 0.717) is 40.2 Å². The van der Waals surface area contributed by atoms with Crippen LogP contribution < -0.4 is 14.2 Å². The molecule has 0 atom stereocenters. The fraction of sp³-hybridized carbons (Fsp3) is 0.167. The van der Waals surface area contributed by atoms with Gasteiger partial charge in [-0.25, -0.2) is 9.97 Å². The van der Waals surface area contributed by atoms with Gasteiger partial charge in [-0.05, 0) is 55.0 Å². The van der Waals surface area contributed by atoms with Crippen molar-refractivity contribution in [1.82, 2.24) is 9.97 Å². The Morgan fingerprint density at radius 1 is 1.09 bits per heavy atom. The van der Waals surface area contributed by atoms with Crippen LogP contribution in [0.25, 0.3) is 17.7 Å². The number of aryl methyl sites for hydroxylation is 1. The highest BCUT2D eigenvalue weighted by Crippen LogP contribution is 2.37. The number of rotatable bonds is 10. The third-order valence-electron chi connectivity index (χ3n) is 4.84. The van der Waals surface area contributed by atoms with Crippen LogP contribution in [0.15, 0.2) is 69.6 Å². The number of furan rings is 1. The van der Waals surface area contributed by atoms with Gasteiger partial charge in [-0.3, -0.25) is 4.57 Å². The van der Waals surface area contributed by atoms with E-state index < -0.39 is 7.60 Å². The normalized spacial score (nSPS) is 11.7. The summed E-state index contributed by atoms with van der Waals surface area (Å²) in [5.74, 6) is 3.61. The van der Waals surface area contributed by atoms with Crippen molar-refractivity contribution in [2.45, 2.75) is 20.1 Å². The van der Waals surface area contributed by atoms with E-state index in [0.717, 1.165) is 11.4 Å². The summed E-state index contributed by atoms with van der Waals surface area (Å²) in [6, 6.07) is 12.2. The molecule has 0 saturated carbocycles. The Morgan fingerprint density at radius 2 is 1.94 bits per heavy atom. The minimum atomic E-state index is -4.30. The Balaban J connectivity index is 1.42. The molecule has 3 heterocycles. The molecule has 1 aromatic carbocycles. The zero-order valence-corrected chi connectivity index (χ0v) is 19.8. The van der Waals surface area contributed by atoms with Crippen LogP contribution in [0.3, 0.4) is 0 Å². The molecular weight excluding hydrogens is 475 g/mol. The van der Waals surface area contributed by atoms with E-state index in [1.54, 1.807) is 49.6 Å². The molecule has 4 aromatic rings. The van der Waals surface area contributed by atoms with Crippen LogP contribution in [0.5, 0.6) is 17.4 Å². The summed E-state index contributed by atoms with van der Waals surface area (Å²) < 4.78 is 39.2. The lowest BCUT2D eigenvalue weighted by Crippen LogP contribution is -2.02. The van der Waals surface area contributed by atoms with Crippen molar-refractivity contribution in [3.05, 3.63) is 83.3 Å². The highest BCUT2D eigenvalue weighted by Gasteiger charge is 2.15. The third-order valence-corrected chi connectivity index (χ3v) is 5.38. The number of pyridine rings is 1. The Labute approximate surface area is 201 Å². The molecule has 0 aliphatic heterocycles. The summed E-state index contributed by atoms with van der Waals surface area (Å²) in [4.78, 5) is 26.7. The number of ether oxygens (including phenoxy) is 3. The SMILES string of the molecule is COc1cc(COc2ncccc2/C=C/P(=O)(O)O)ccc1OCc1nc(-c2ccco2)oc1C. The number of benzene rings is 1. The van der Waals surface area contributed by atoms with Crippen LogP contribution >= 0.6 is 7.60 Å². The number of aromatic nitrogens is 2. The van der Waals surface area contributed by atoms with Gasteiger partial charge in [0.2, 0.25) is 5.88 Å². The molecule has 0 bridgehead atoms. The summed E-state index contributed by atoms with van der Waals surface area (Å²) in [7, 11) is -2.76. The minimum absolute atomic E-state index is 0.152. The van der Waals surface area contributed by atoms with Gasteiger partial charge in [0, 0.05) is 17.6 Å². The average molecular weight is 498 g/mol. The fourth-order valence-corrected chi connectivity index (χ4v) is 3.47. The van der Waals surface area contributed by atoms with E-state index in [4.69, 9.17) is 32.8 Å². The maximum absolute atomic E-state index is 11.1. The first kappa shape index (κ1) is 24.3. The first-order valence-electron chi connectivity index (χ1n) is 10.4. The number of hydrogen-bond acceptors (Lipinski definition) is 8. The predicted molar refractivity (Wildman–Crippen MR) is 126 cm³/mol. The second kappa shape index (κ2) is 10.6. The third kappa shape index (κ3) is 6.39. The molecule has 10 nitrogen and oxygen atoms in total. The minimum Gasteiger partial charge on any atom is -0.493 e. The number of nitrogens with zero attached hydrogens (tertiary/aromatic N) is 2. The Bertz CT molecular complexity index is 1360. The van der Waals surface area contributed by atoms with Gasteiger partial charge >= 0.3 is 7.60 Å². The second-order valence-corrected chi connectivity index (χ2v) is 8.84. The van der Waals surface area contributed by atoms with E-state index >= 15 is 0 Å². The monoisotopic (exact) mass is 498 g/mol. The molecule has 11 heteroatoms. The van der Waals surface area contributed by atoms with Gasteiger partial charge in [0.1, 0.15) is 24.7 Å². The van der Waals surface area contributed by atoms with Gasteiger partial charge in [0.25, 0.3) is 5.89 Å². The van der Waals surface area contributed by atoms with Gasteiger partial charge in [-0.1, -0.05) is 6.07 Å². The van der Waals surface area contributed by atoms with Crippen LogP contribution in [0.2, 0.25) is 0 Å². The Kier molecular flexibility index (Phi) is 7.36. The van der Waals surface area contributed by atoms with Gasteiger partial charge in [-0.2, -0.15) is 0 Å². The number of methoxy groups -OCH3 is 1. The Morgan fingerprint density at radius 3 is 2.69 bits per heavy atom. The first-order valence-corrected chi connectivity index (χ1v) is 12.1. The quantitative estimate of drug-likeness (QED) is 0.289. The number of oxazole rings is 1. The maximum atomic E-state index is 11.1. The lowest BCUT2D eigenvalue weighted by Gasteiger charge is -2.13. The van der Waals surface area contributed by atoms with Crippen LogP contribution in [-0.2, 0) is 17.8 Å². The van der Waals surface area contributed by atoms with Crippen molar-refractivity contribution >= 4 is 13.7 Å². The van der Waals surface area contributed by atoms with Crippen molar-refractivity contribution in [3.8, 4) is 29.0 Å². The van der Waals surface area contributed by atoms with Gasteiger partial charge in [0.05, 0.1) is 13.4 Å². The largest absolute Gasteiger partial charge is 0.493 e. The molecule has 0 fully saturated rings. The van der Waals surface area contributed by atoms with Gasteiger partial charge < -0.3 is 32.8 Å². The Hall–Kier alpha value is -3.85. The van der Waals surface area contributed by atoms with Gasteiger partial charge in [-0.15, -0.1) is 0 Å². The number of hydrogen-bond donors (Lipinski definition) is 2. The van der Waals surface area contributed by atoms with Crippen molar-refractivity contribution in [1.29, 1.82) is 0 Å². The van der Waals surface area contributed by atoms with Crippen LogP contribution in [0, 0.1) is 6.92 Å². The fourth-order valence-electron chi connectivity index (χ4n) is 3.11. The molecule has 0 aliphatic rings.